The van der Waals surface area contributed by atoms with Gasteiger partial charge in [-0.05, 0) is 37.1 Å². The molecule has 0 N–H and O–H groups in total. The van der Waals surface area contributed by atoms with Crippen molar-refractivity contribution in [2.45, 2.75) is 25.7 Å². The number of para-hydroxylation sites is 1. The van der Waals surface area contributed by atoms with Gasteiger partial charge in [-0.25, -0.2) is 13.9 Å². The van der Waals surface area contributed by atoms with Crippen LogP contribution in [0.2, 0.25) is 0 Å². The molecule has 0 radical (unpaired) electrons. The lowest BCUT2D eigenvalue weighted by atomic mass is 10.0. The second kappa shape index (κ2) is 7.55. The molecule has 1 saturated carbocycles. The number of fused-ring (bicyclic) bond motifs is 1. The Labute approximate surface area is 173 Å². The van der Waals surface area contributed by atoms with E-state index < -0.39 is 0 Å². The first kappa shape index (κ1) is 18.8. The zero-order valence-electron chi connectivity index (χ0n) is 16.6. The van der Waals surface area contributed by atoms with Gasteiger partial charge < -0.3 is 4.90 Å². The third-order valence-electron chi connectivity index (χ3n) is 6.21. The van der Waals surface area contributed by atoms with Crippen LogP contribution < -0.4 is 4.90 Å². The molecule has 0 bridgehead atoms. The van der Waals surface area contributed by atoms with Crippen molar-refractivity contribution in [2.24, 2.45) is 5.92 Å². The van der Waals surface area contributed by atoms with E-state index >= 15 is 0 Å². The molecule has 1 aromatic heterocycles. The van der Waals surface area contributed by atoms with Crippen LogP contribution in [0.15, 0.2) is 48.7 Å². The van der Waals surface area contributed by atoms with Gasteiger partial charge in [-0.15, -0.1) is 0 Å². The molecule has 2 heterocycles. The Bertz CT molecular complexity index is 1120. The molecule has 0 spiro atoms. The van der Waals surface area contributed by atoms with Gasteiger partial charge in [0, 0.05) is 24.4 Å². The number of nitrogens with zero attached hydrogens (tertiary/aromatic N) is 4. The summed E-state index contributed by atoms with van der Waals surface area (Å²) in [5.41, 5.74) is 1.82. The highest BCUT2D eigenvalue weighted by Gasteiger charge is 2.34. The van der Waals surface area contributed by atoms with Crippen molar-refractivity contribution in [1.82, 2.24) is 14.7 Å². The number of Topliss-reactive ketones (excluding diaryl/α,β-unsaturated/α-hetero) is 1. The largest absolute Gasteiger partial charge is 0.325 e. The summed E-state index contributed by atoms with van der Waals surface area (Å²) >= 11 is 0. The van der Waals surface area contributed by atoms with Crippen LogP contribution in [0.3, 0.4) is 0 Å². The topological polar surface area (TPSA) is 58.4 Å². The minimum atomic E-state index is -0.359. The van der Waals surface area contributed by atoms with Gasteiger partial charge in [0.25, 0.3) is 0 Å². The van der Waals surface area contributed by atoms with Crippen molar-refractivity contribution in [2.75, 3.05) is 24.5 Å². The van der Waals surface area contributed by atoms with Gasteiger partial charge in [0.1, 0.15) is 11.5 Å². The summed E-state index contributed by atoms with van der Waals surface area (Å²) in [4.78, 5) is 28.9. The molecule has 1 saturated heterocycles. The van der Waals surface area contributed by atoms with E-state index in [4.69, 9.17) is 0 Å². The fourth-order valence-electron chi connectivity index (χ4n) is 4.60. The fourth-order valence-corrected chi connectivity index (χ4v) is 4.60. The molecule has 1 aliphatic carbocycles. The minimum absolute atomic E-state index is 0.106. The van der Waals surface area contributed by atoms with Crippen LogP contribution >= 0.6 is 0 Å². The molecule has 0 atom stereocenters. The van der Waals surface area contributed by atoms with E-state index in [1.54, 1.807) is 38.9 Å². The number of anilines is 1. The SMILES string of the molecule is O=C(CN1CCN(c2cccc3c2cnn3-c2ccccc2F)C1=O)C1CCCC1. The van der Waals surface area contributed by atoms with Crippen molar-refractivity contribution >= 4 is 28.4 Å². The standard InChI is InChI=1S/C23H23FN4O2/c24-18-8-3-4-9-21(18)28-20-11-5-10-19(17(20)14-25-28)27-13-12-26(23(27)30)15-22(29)16-6-1-2-7-16/h3-5,8-11,14,16H,1-2,6-7,12-13,15H2. The van der Waals surface area contributed by atoms with E-state index in [1.165, 1.54) is 6.07 Å². The number of halogens is 1. The normalized spacial score (nSPS) is 17.4. The van der Waals surface area contributed by atoms with Crippen LogP contribution in [0, 0.1) is 11.7 Å². The average molecular weight is 406 g/mol. The zero-order chi connectivity index (χ0) is 20.7. The van der Waals surface area contributed by atoms with Gasteiger partial charge in [0.05, 0.1) is 23.9 Å². The highest BCUT2D eigenvalue weighted by molar-refractivity contribution is 6.04. The summed E-state index contributed by atoms with van der Waals surface area (Å²) < 4.78 is 15.8. The Morgan fingerprint density at radius 1 is 1.03 bits per heavy atom. The number of hydrogen-bond donors (Lipinski definition) is 0. The molecule has 2 aliphatic rings. The second-order valence-electron chi connectivity index (χ2n) is 8.02. The summed E-state index contributed by atoms with van der Waals surface area (Å²) in [7, 11) is 0. The Balaban J connectivity index is 1.42. The summed E-state index contributed by atoms with van der Waals surface area (Å²) in [5.74, 6) is -0.0793. The third-order valence-corrected chi connectivity index (χ3v) is 6.21. The molecule has 2 aromatic carbocycles. The minimum Gasteiger partial charge on any atom is -0.315 e. The maximum absolute atomic E-state index is 14.3. The lowest BCUT2D eigenvalue weighted by Gasteiger charge is -2.20. The summed E-state index contributed by atoms with van der Waals surface area (Å²) in [6.45, 7) is 1.22. The lowest BCUT2D eigenvalue weighted by Crippen LogP contribution is -2.37. The summed E-state index contributed by atoms with van der Waals surface area (Å²) in [6, 6.07) is 11.9. The summed E-state index contributed by atoms with van der Waals surface area (Å²) in [6.07, 6.45) is 5.75. The van der Waals surface area contributed by atoms with Crippen molar-refractivity contribution in [3.05, 3.63) is 54.5 Å². The smallest absolute Gasteiger partial charge is 0.315 e. The van der Waals surface area contributed by atoms with Crippen LogP contribution in [-0.4, -0.2) is 46.1 Å². The molecule has 0 unspecified atom stereocenters. The van der Waals surface area contributed by atoms with Gasteiger partial charge in [0.15, 0.2) is 5.78 Å². The zero-order valence-corrected chi connectivity index (χ0v) is 16.6. The molecular weight excluding hydrogens is 383 g/mol. The average Bonchev–Trinajstić information content (AvgIpc) is 3.49. The van der Waals surface area contributed by atoms with E-state index in [-0.39, 0.29) is 30.1 Å². The van der Waals surface area contributed by atoms with Crippen LogP contribution in [0.1, 0.15) is 25.7 Å². The molecule has 5 rings (SSSR count). The number of carbonyl (C=O) groups is 2. The molecule has 7 heteroatoms. The molecule has 30 heavy (non-hydrogen) atoms. The van der Waals surface area contributed by atoms with Crippen LogP contribution in [0.25, 0.3) is 16.6 Å². The van der Waals surface area contributed by atoms with E-state index in [1.807, 2.05) is 18.2 Å². The van der Waals surface area contributed by atoms with E-state index in [2.05, 4.69) is 5.10 Å². The van der Waals surface area contributed by atoms with Crippen LogP contribution in [-0.2, 0) is 4.79 Å². The first-order chi connectivity index (χ1) is 14.6. The monoisotopic (exact) mass is 406 g/mol. The number of benzene rings is 2. The van der Waals surface area contributed by atoms with Gasteiger partial charge in [-0.1, -0.05) is 31.0 Å². The van der Waals surface area contributed by atoms with E-state index in [0.29, 0.717) is 18.8 Å². The van der Waals surface area contributed by atoms with Crippen molar-refractivity contribution in [1.29, 1.82) is 0 Å². The molecule has 2 amide bonds. The highest BCUT2D eigenvalue weighted by atomic mass is 19.1. The number of aromatic nitrogens is 2. The van der Waals surface area contributed by atoms with Crippen molar-refractivity contribution in [3.63, 3.8) is 0 Å². The van der Waals surface area contributed by atoms with Gasteiger partial charge >= 0.3 is 6.03 Å². The fraction of sp³-hybridized carbons (Fsp3) is 0.348. The quantitative estimate of drug-likeness (QED) is 0.639. The van der Waals surface area contributed by atoms with Gasteiger partial charge in [0.2, 0.25) is 0 Å². The van der Waals surface area contributed by atoms with E-state index in [9.17, 15) is 14.0 Å². The lowest BCUT2D eigenvalue weighted by molar-refractivity contribution is -0.123. The second-order valence-corrected chi connectivity index (χ2v) is 8.02. The Hall–Kier alpha value is -3.22. The number of rotatable bonds is 5. The van der Waals surface area contributed by atoms with E-state index in [0.717, 1.165) is 42.3 Å². The highest BCUT2D eigenvalue weighted by Crippen LogP contribution is 2.32. The maximum atomic E-state index is 14.3. The first-order valence-electron chi connectivity index (χ1n) is 10.4. The molecule has 6 nitrogen and oxygen atoms in total. The van der Waals surface area contributed by atoms with Gasteiger partial charge in [-0.3, -0.25) is 9.69 Å². The summed E-state index contributed by atoms with van der Waals surface area (Å²) in [5, 5.41) is 5.15. The third kappa shape index (κ3) is 3.14. The number of amides is 2. The number of ketones is 1. The molecule has 3 aromatic rings. The molecule has 2 fully saturated rings. The molecular formula is C23H23FN4O2. The Morgan fingerprint density at radius 2 is 1.80 bits per heavy atom. The van der Waals surface area contributed by atoms with Crippen molar-refractivity contribution < 1.29 is 14.0 Å². The predicted octanol–water partition coefficient (Wildman–Crippen LogP) is 4.17. The molecule has 1 aliphatic heterocycles. The number of carbonyl (C=O) groups excluding carboxylic acids is 2. The Kier molecular flexibility index (Phi) is 4.73. The van der Waals surface area contributed by atoms with Crippen molar-refractivity contribution in [3.8, 4) is 5.69 Å². The predicted molar refractivity (Wildman–Crippen MR) is 112 cm³/mol. The number of hydrogen-bond acceptors (Lipinski definition) is 3. The Morgan fingerprint density at radius 3 is 2.60 bits per heavy atom. The molecule has 154 valence electrons. The first-order valence-corrected chi connectivity index (χ1v) is 10.4. The maximum Gasteiger partial charge on any atom is 0.325 e. The number of urea groups is 1. The van der Waals surface area contributed by atoms with Crippen LogP contribution in [0.4, 0.5) is 14.9 Å². The van der Waals surface area contributed by atoms with Gasteiger partial charge in [-0.2, -0.15) is 5.10 Å². The van der Waals surface area contributed by atoms with Crippen LogP contribution in [0.5, 0.6) is 0 Å².